The number of hydrogen-bond donors (Lipinski definition) is 1. The summed E-state index contributed by atoms with van der Waals surface area (Å²) in [5.41, 5.74) is 1.31. The van der Waals surface area contributed by atoms with Crippen molar-refractivity contribution in [2.24, 2.45) is 0 Å². The summed E-state index contributed by atoms with van der Waals surface area (Å²) in [6.07, 6.45) is 2.71. The molecule has 1 N–H and O–H groups in total. The summed E-state index contributed by atoms with van der Waals surface area (Å²) in [4.78, 5) is 16.8. The van der Waals surface area contributed by atoms with Crippen LogP contribution in [0.25, 0.3) is 5.65 Å². The van der Waals surface area contributed by atoms with Crippen molar-refractivity contribution in [2.75, 3.05) is 11.9 Å². The number of anilines is 1. The summed E-state index contributed by atoms with van der Waals surface area (Å²) in [5, 5.41) is 7.33. The lowest BCUT2D eigenvalue weighted by Crippen LogP contribution is -2.22. The Labute approximate surface area is 148 Å². The van der Waals surface area contributed by atoms with Gasteiger partial charge in [-0.25, -0.2) is 18.7 Å². The van der Waals surface area contributed by atoms with Gasteiger partial charge in [-0.15, -0.1) is 0 Å². The molecule has 0 fully saturated rings. The van der Waals surface area contributed by atoms with Gasteiger partial charge in [0.25, 0.3) is 0 Å². The largest absolute Gasteiger partial charge is 0.487 e. The van der Waals surface area contributed by atoms with Gasteiger partial charge in [-0.1, -0.05) is 0 Å². The summed E-state index contributed by atoms with van der Waals surface area (Å²) in [5.74, 6) is 0.179. The van der Waals surface area contributed by atoms with E-state index in [1.54, 1.807) is 25.3 Å². The standard InChI is InChI=1S/C18H17FN4O3/c1-10-9-25-18(24)14-8-20-23-6-5-16(22-17(14)23)21-11(2)13-7-12(19)3-4-15(13)26-10/h3-8,10-11H,9H2,1-2H3,(H,21,22)/t10-,11+/m1/s1. The van der Waals surface area contributed by atoms with Crippen molar-refractivity contribution < 1.29 is 18.7 Å². The smallest absolute Gasteiger partial charge is 0.343 e. The van der Waals surface area contributed by atoms with E-state index in [-0.39, 0.29) is 24.0 Å². The number of nitrogens with one attached hydrogen (secondary N) is 1. The second kappa shape index (κ2) is 6.29. The van der Waals surface area contributed by atoms with E-state index in [9.17, 15) is 9.18 Å². The molecule has 0 radical (unpaired) electrons. The van der Waals surface area contributed by atoms with E-state index in [2.05, 4.69) is 15.4 Å². The molecule has 2 aromatic heterocycles. The van der Waals surface area contributed by atoms with Gasteiger partial charge < -0.3 is 14.8 Å². The summed E-state index contributed by atoms with van der Waals surface area (Å²) < 4.78 is 26.5. The Morgan fingerprint density at radius 1 is 1.31 bits per heavy atom. The molecule has 2 bridgehead atoms. The highest BCUT2D eigenvalue weighted by Crippen LogP contribution is 2.29. The minimum Gasteiger partial charge on any atom is -0.487 e. The number of rotatable bonds is 0. The lowest BCUT2D eigenvalue weighted by molar-refractivity contribution is 0.0341. The molecule has 0 aliphatic carbocycles. The average Bonchev–Trinajstić information content (AvgIpc) is 3.03. The lowest BCUT2D eigenvalue weighted by atomic mass is 10.1. The lowest BCUT2D eigenvalue weighted by Gasteiger charge is -2.21. The number of aromatic nitrogens is 3. The molecule has 0 unspecified atom stereocenters. The Morgan fingerprint density at radius 2 is 2.15 bits per heavy atom. The molecule has 0 amide bonds. The first-order valence-corrected chi connectivity index (χ1v) is 8.25. The number of esters is 1. The Bertz CT molecular complexity index is 988. The first-order chi connectivity index (χ1) is 12.5. The van der Waals surface area contributed by atoms with Gasteiger partial charge in [0.05, 0.1) is 12.2 Å². The van der Waals surface area contributed by atoms with Crippen molar-refractivity contribution in [3.8, 4) is 5.75 Å². The fourth-order valence-electron chi connectivity index (χ4n) is 2.88. The summed E-state index contributed by atoms with van der Waals surface area (Å²) in [7, 11) is 0. The molecule has 0 saturated carbocycles. The van der Waals surface area contributed by atoms with Crippen LogP contribution in [0.5, 0.6) is 5.75 Å². The van der Waals surface area contributed by atoms with E-state index in [1.165, 1.54) is 22.8 Å². The number of hydrogen-bond acceptors (Lipinski definition) is 6. The van der Waals surface area contributed by atoms with Crippen LogP contribution in [0.1, 0.15) is 35.8 Å². The number of halogens is 1. The highest BCUT2D eigenvalue weighted by molar-refractivity contribution is 5.95. The molecular formula is C18H17FN4O3. The Kier molecular flexibility index (Phi) is 3.95. The van der Waals surface area contributed by atoms with E-state index >= 15 is 0 Å². The molecular weight excluding hydrogens is 339 g/mol. The van der Waals surface area contributed by atoms with Gasteiger partial charge in [0, 0.05) is 11.8 Å². The third kappa shape index (κ3) is 2.94. The topological polar surface area (TPSA) is 77.8 Å². The minimum absolute atomic E-state index is 0.0501. The SMILES string of the molecule is C[C@@H]1COC(=O)c2cnn3ccc(nc23)N[C@@H](C)c2cc(F)ccc2O1. The summed E-state index contributed by atoms with van der Waals surface area (Å²) in [6.45, 7) is 3.72. The monoisotopic (exact) mass is 356 g/mol. The molecule has 3 heterocycles. The molecule has 0 spiro atoms. The third-order valence-electron chi connectivity index (χ3n) is 4.17. The molecule has 2 atom stereocenters. The molecule has 3 aromatic rings. The number of benzene rings is 1. The first-order valence-electron chi connectivity index (χ1n) is 8.25. The van der Waals surface area contributed by atoms with Crippen LogP contribution in [0.4, 0.5) is 10.2 Å². The Hall–Kier alpha value is -3.16. The van der Waals surface area contributed by atoms with Crippen LogP contribution in [0.3, 0.4) is 0 Å². The van der Waals surface area contributed by atoms with Crippen LogP contribution in [0, 0.1) is 5.82 Å². The van der Waals surface area contributed by atoms with E-state index in [1.807, 2.05) is 6.92 Å². The van der Waals surface area contributed by atoms with Gasteiger partial charge in [0.2, 0.25) is 0 Å². The number of fused-ring (bicyclic) bond motifs is 2. The van der Waals surface area contributed by atoms with Crippen LogP contribution in [0.2, 0.25) is 0 Å². The highest BCUT2D eigenvalue weighted by atomic mass is 19.1. The number of carbonyl (C=O) groups is 1. The van der Waals surface area contributed by atoms with Crippen LogP contribution >= 0.6 is 0 Å². The fraction of sp³-hybridized carbons (Fsp3) is 0.278. The van der Waals surface area contributed by atoms with Gasteiger partial charge in [-0.2, -0.15) is 5.10 Å². The Morgan fingerprint density at radius 3 is 3.00 bits per heavy atom. The van der Waals surface area contributed by atoms with E-state index in [4.69, 9.17) is 9.47 Å². The van der Waals surface area contributed by atoms with Crippen molar-refractivity contribution in [3.63, 3.8) is 0 Å². The number of ether oxygens (including phenoxy) is 2. The zero-order valence-corrected chi connectivity index (χ0v) is 14.3. The first kappa shape index (κ1) is 16.3. The zero-order valence-electron chi connectivity index (χ0n) is 14.3. The maximum atomic E-state index is 13.8. The minimum atomic E-state index is -0.522. The van der Waals surface area contributed by atoms with Crippen molar-refractivity contribution in [1.82, 2.24) is 14.6 Å². The van der Waals surface area contributed by atoms with Crippen LogP contribution in [-0.2, 0) is 4.74 Å². The number of nitrogens with zero attached hydrogens (tertiary/aromatic N) is 3. The second-order valence-electron chi connectivity index (χ2n) is 6.21. The van der Waals surface area contributed by atoms with Crippen molar-refractivity contribution >= 4 is 17.4 Å². The average molecular weight is 356 g/mol. The molecule has 7 nitrogen and oxygen atoms in total. The predicted octanol–water partition coefficient (Wildman–Crippen LogP) is 2.98. The quantitative estimate of drug-likeness (QED) is 0.624. The zero-order chi connectivity index (χ0) is 18.3. The second-order valence-corrected chi connectivity index (χ2v) is 6.21. The van der Waals surface area contributed by atoms with Crippen molar-refractivity contribution in [1.29, 1.82) is 0 Å². The summed E-state index contributed by atoms with van der Waals surface area (Å²) >= 11 is 0. The van der Waals surface area contributed by atoms with E-state index < -0.39 is 12.1 Å². The molecule has 26 heavy (non-hydrogen) atoms. The number of carbonyl (C=O) groups excluding carboxylic acids is 1. The van der Waals surface area contributed by atoms with Crippen LogP contribution < -0.4 is 10.1 Å². The van der Waals surface area contributed by atoms with Crippen molar-refractivity contribution in [2.45, 2.75) is 26.0 Å². The number of cyclic esters (lactones) is 1. The molecule has 4 rings (SSSR count). The van der Waals surface area contributed by atoms with Gasteiger partial charge in [-0.05, 0) is 38.1 Å². The normalized spacial score (nSPS) is 20.2. The van der Waals surface area contributed by atoms with Crippen molar-refractivity contribution in [3.05, 3.63) is 53.6 Å². The molecule has 8 heteroatoms. The molecule has 0 saturated heterocycles. The third-order valence-corrected chi connectivity index (χ3v) is 4.17. The van der Waals surface area contributed by atoms with Gasteiger partial charge in [0.1, 0.15) is 35.7 Å². The van der Waals surface area contributed by atoms with Gasteiger partial charge in [-0.3, -0.25) is 0 Å². The molecule has 1 aliphatic heterocycles. The van der Waals surface area contributed by atoms with E-state index in [0.717, 1.165) is 0 Å². The van der Waals surface area contributed by atoms with Gasteiger partial charge >= 0.3 is 5.97 Å². The Balaban J connectivity index is 1.82. The van der Waals surface area contributed by atoms with Crippen LogP contribution in [0.15, 0.2) is 36.7 Å². The maximum absolute atomic E-state index is 13.8. The highest BCUT2D eigenvalue weighted by Gasteiger charge is 2.21. The molecule has 134 valence electrons. The fourth-order valence-corrected chi connectivity index (χ4v) is 2.88. The summed E-state index contributed by atoms with van der Waals surface area (Å²) in [6, 6.07) is 5.80. The van der Waals surface area contributed by atoms with Crippen LogP contribution in [-0.4, -0.2) is 33.3 Å². The van der Waals surface area contributed by atoms with E-state index in [0.29, 0.717) is 22.8 Å². The predicted molar refractivity (Wildman–Crippen MR) is 91.8 cm³/mol. The maximum Gasteiger partial charge on any atom is 0.343 e. The molecule has 1 aliphatic rings. The molecule has 1 aromatic carbocycles. The van der Waals surface area contributed by atoms with Gasteiger partial charge in [0.15, 0.2) is 5.65 Å².